The summed E-state index contributed by atoms with van der Waals surface area (Å²) in [4.78, 5) is 12.2. The summed E-state index contributed by atoms with van der Waals surface area (Å²) in [5.41, 5.74) is 1.72. The highest BCUT2D eigenvalue weighted by Gasteiger charge is 2.15. The Hall–Kier alpha value is -2.74. The van der Waals surface area contributed by atoms with E-state index in [-0.39, 0.29) is 5.91 Å². The van der Waals surface area contributed by atoms with E-state index in [0.717, 1.165) is 24.8 Å². The van der Waals surface area contributed by atoms with Gasteiger partial charge >= 0.3 is 0 Å². The Bertz CT molecular complexity index is 912. The van der Waals surface area contributed by atoms with E-state index in [9.17, 15) is 13.2 Å². The predicted molar refractivity (Wildman–Crippen MR) is 119 cm³/mol. The maximum atomic E-state index is 12.2. The quantitative estimate of drug-likeness (QED) is 0.550. The molecule has 0 bridgehead atoms. The van der Waals surface area contributed by atoms with Crippen LogP contribution in [-0.4, -0.2) is 46.9 Å². The lowest BCUT2D eigenvalue weighted by Crippen LogP contribution is -2.36. The summed E-state index contributed by atoms with van der Waals surface area (Å²) in [5, 5.41) is 2.88. The summed E-state index contributed by atoms with van der Waals surface area (Å²) in [6.45, 7) is 4.83. The van der Waals surface area contributed by atoms with Crippen LogP contribution < -0.4 is 19.1 Å². The maximum Gasteiger partial charge on any atom is 0.260 e. The second-order valence-corrected chi connectivity index (χ2v) is 8.97. The first-order valence-electron chi connectivity index (χ1n) is 9.90. The van der Waals surface area contributed by atoms with Crippen LogP contribution in [0.1, 0.15) is 25.8 Å². The highest BCUT2D eigenvalue weighted by atomic mass is 32.2. The van der Waals surface area contributed by atoms with Crippen LogP contribution >= 0.6 is 0 Å². The number of nitrogens with one attached hydrogen (secondary N) is 1. The molecule has 0 aliphatic heterocycles. The smallest absolute Gasteiger partial charge is 0.260 e. The van der Waals surface area contributed by atoms with Gasteiger partial charge in [0.1, 0.15) is 11.5 Å². The molecule has 0 aliphatic carbocycles. The summed E-state index contributed by atoms with van der Waals surface area (Å²) < 4.78 is 35.4. The monoisotopic (exact) mass is 434 g/mol. The standard InChI is InChI=1S/C22H30N2O5S/c1-5-28-20-12-8-18(9-13-20)7-6-16-23-22(25)17(2)29-21-14-10-19(11-15-21)24(3)30(4,26)27/h8-15,17H,5-7,16H2,1-4H3,(H,23,25)/t17-/m0/s1. The van der Waals surface area contributed by atoms with Crippen molar-refractivity contribution in [3.63, 3.8) is 0 Å². The molecule has 0 fully saturated rings. The van der Waals surface area contributed by atoms with E-state index in [4.69, 9.17) is 9.47 Å². The second kappa shape index (κ2) is 10.9. The van der Waals surface area contributed by atoms with Gasteiger partial charge in [-0.15, -0.1) is 0 Å². The van der Waals surface area contributed by atoms with Crippen LogP contribution in [-0.2, 0) is 21.2 Å². The minimum atomic E-state index is -3.32. The van der Waals surface area contributed by atoms with E-state index < -0.39 is 16.1 Å². The van der Waals surface area contributed by atoms with E-state index in [1.807, 2.05) is 31.2 Å². The van der Waals surface area contributed by atoms with Crippen LogP contribution in [0.25, 0.3) is 0 Å². The molecular weight excluding hydrogens is 404 g/mol. The fourth-order valence-electron chi connectivity index (χ4n) is 2.75. The Balaban J connectivity index is 1.75. The van der Waals surface area contributed by atoms with Crippen molar-refractivity contribution in [2.24, 2.45) is 0 Å². The number of nitrogens with zero attached hydrogens (tertiary/aromatic N) is 1. The summed E-state index contributed by atoms with van der Waals surface area (Å²) in [6.07, 6.45) is 2.16. The Morgan fingerprint density at radius 2 is 1.67 bits per heavy atom. The van der Waals surface area contributed by atoms with Crippen LogP contribution in [0.15, 0.2) is 48.5 Å². The van der Waals surface area contributed by atoms with Gasteiger partial charge < -0.3 is 14.8 Å². The second-order valence-electron chi connectivity index (χ2n) is 6.96. The number of sulfonamides is 1. The minimum absolute atomic E-state index is 0.195. The van der Waals surface area contributed by atoms with E-state index in [1.165, 1.54) is 16.9 Å². The number of benzene rings is 2. The number of rotatable bonds is 11. The molecule has 2 aromatic carbocycles. The third-order valence-electron chi connectivity index (χ3n) is 4.56. The molecule has 1 amide bonds. The number of carbonyl (C=O) groups excluding carboxylic acids is 1. The van der Waals surface area contributed by atoms with Gasteiger partial charge in [0.2, 0.25) is 10.0 Å². The molecule has 1 atom stereocenters. The Labute approximate surface area is 179 Å². The average Bonchev–Trinajstić information content (AvgIpc) is 2.71. The van der Waals surface area contributed by atoms with Crippen molar-refractivity contribution < 1.29 is 22.7 Å². The number of carbonyl (C=O) groups is 1. The number of hydrogen-bond acceptors (Lipinski definition) is 5. The van der Waals surface area contributed by atoms with Crippen molar-refractivity contribution >= 4 is 21.6 Å². The molecule has 0 heterocycles. The van der Waals surface area contributed by atoms with Gasteiger partial charge in [0.15, 0.2) is 6.10 Å². The minimum Gasteiger partial charge on any atom is -0.494 e. The van der Waals surface area contributed by atoms with Gasteiger partial charge in [-0.1, -0.05) is 12.1 Å². The van der Waals surface area contributed by atoms with Crippen LogP contribution in [0.2, 0.25) is 0 Å². The molecule has 0 unspecified atom stereocenters. The average molecular weight is 435 g/mol. The van der Waals surface area contributed by atoms with Crippen molar-refractivity contribution in [2.75, 3.05) is 30.8 Å². The van der Waals surface area contributed by atoms with Crippen molar-refractivity contribution in [3.8, 4) is 11.5 Å². The molecule has 1 N–H and O–H groups in total. The highest BCUT2D eigenvalue weighted by Crippen LogP contribution is 2.21. The third-order valence-corrected chi connectivity index (χ3v) is 5.76. The molecule has 2 rings (SSSR count). The van der Waals surface area contributed by atoms with Crippen LogP contribution in [0.3, 0.4) is 0 Å². The van der Waals surface area contributed by atoms with Gasteiger partial charge in [-0.3, -0.25) is 9.10 Å². The lowest BCUT2D eigenvalue weighted by molar-refractivity contribution is -0.127. The van der Waals surface area contributed by atoms with Gasteiger partial charge in [0.25, 0.3) is 5.91 Å². The molecule has 0 spiro atoms. The Morgan fingerprint density at radius 1 is 1.07 bits per heavy atom. The van der Waals surface area contributed by atoms with Gasteiger partial charge in [-0.2, -0.15) is 0 Å². The number of hydrogen-bond donors (Lipinski definition) is 1. The first-order valence-corrected chi connectivity index (χ1v) is 11.8. The summed E-state index contributed by atoms with van der Waals surface area (Å²) in [6, 6.07) is 14.5. The molecule has 0 aliphatic rings. The molecule has 0 radical (unpaired) electrons. The van der Waals surface area contributed by atoms with Crippen molar-refractivity contribution in [3.05, 3.63) is 54.1 Å². The van der Waals surface area contributed by atoms with Gasteiger partial charge in [0.05, 0.1) is 18.6 Å². The molecular formula is C22H30N2O5S. The summed E-state index contributed by atoms with van der Waals surface area (Å²) in [7, 11) is -1.84. The highest BCUT2D eigenvalue weighted by molar-refractivity contribution is 7.92. The zero-order chi connectivity index (χ0) is 22.1. The molecule has 164 valence electrons. The number of amides is 1. The number of aryl methyl sites for hydroxylation is 1. The third kappa shape index (κ3) is 7.26. The van der Waals surface area contributed by atoms with E-state index in [2.05, 4.69) is 5.32 Å². The van der Waals surface area contributed by atoms with Crippen molar-refractivity contribution in [2.45, 2.75) is 32.8 Å². The summed E-state index contributed by atoms with van der Waals surface area (Å²) >= 11 is 0. The fourth-order valence-corrected chi connectivity index (χ4v) is 3.26. The SMILES string of the molecule is CCOc1ccc(CCCNC(=O)[C@H](C)Oc2ccc(N(C)S(C)(=O)=O)cc2)cc1. The normalized spacial score (nSPS) is 12.1. The largest absolute Gasteiger partial charge is 0.494 e. The molecule has 2 aromatic rings. The number of ether oxygens (including phenoxy) is 2. The zero-order valence-corrected chi connectivity index (χ0v) is 18.7. The van der Waals surface area contributed by atoms with E-state index in [0.29, 0.717) is 24.6 Å². The van der Waals surface area contributed by atoms with Crippen LogP contribution in [0, 0.1) is 0 Å². The lowest BCUT2D eigenvalue weighted by Gasteiger charge is -2.18. The van der Waals surface area contributed by atoms with Crippen molar-refractivity contribution in [1.82, 2.24) is 5.32 Å². The number of anilines is 1. The Kier molecular flexibility index (Phi) is 8.53. The van der Waals surface area contributed by atoms with Gasteiger partial charge in [0, 0.05) is 13.6 Å². The molecule has 30 heavy (non-hydrogen) atoms. The molecule has 8 heteroatoms. The summed E-state index contributed by atoms with van der Waals surface area (Å²) in [5.74, 6) is 1.16. The Morgan fingerprint density at radius 3 is 2.23 bits per heavy atom. The first-order chi connectivity index (χ1) is 14.2. The molecule has 0 aromatic heterocycles. The maximum absolute atomic E-state index is 12.2. The fraction of sp³-hybridized carbons (Fsp3) is 0.409. The van der Waals surface area contributed by atoms with E-state index in [1.54, 1.807) is 31.2 Å². The van der Waals surface area contributed by atoms with E-state index >= 15 is 0 Å². The van der Waals surface area contributed by atoms with Crippen LogP contribution in [0.5, 0.6) is 11.5 Å². The van der Waals surface area contributed by atoms with Crippen molar-refractivity contribution in [1.29, 1.82) is 0 Å². The van der Waals surface area contributed by atoms with Crippen LogP contribution in [0.4, 0.5) is 5.69 Å². The lowest BCUT2D eigenvalue weighted by atomic mass is 10.1. The topological polar surface area (TPSA) is 84.9 Å². The zero-order valence-electron chi connectivity index (χ0n) is 17.9. The predicted octanol–water partition coefficient (Wildman–Crippen LogP) is 3.00. The molecule has 0 saturated heterocycles. The van der Waals surface area contributed by atoms with Gasteiger partial charge in [-0.05, 0) is 68.7 Å². The first kappa shape index (κ1) is 23.5. The molecule has 7 nitrogen and oxygen atoms in total. The molecule has 0 saturated carbocycles. The van der Waals surface area contributed by atoms with Gasteiger partial charge in [-0.25, -0.2) is 8.42 Å².